The predicted octanol–water partition coefficient (Wildman–Crippen LogP) is 1.06. The number of nitrogens with one attached hydrogen (secondary N) is 2. The largest absolute Gasteiger partial charge is 0.309 e. The van der Waals surface area contributed by atoms with Crippen LogP contribution in [-0.2, 0) is 16.6 Å². The molecular formula is C14H22N4O2S. The fourth-order valence-corrected chi connectivity index (χ4v) is 3.48. The number of pyridine rings is 1. The monoisotopic (exact) mass is 310 g/mol. The smallest absolute Gasteiger partial charge is 0.209 e. The van der Waals surface area contributed by atoms with Gasteiger partial charge in [-0.05, 0) is 32.9 Å². The zero-order valence-electron chi connectivity index (χ0n) is 12.8. The molecule has 7 heteroatoms. The fraction of sp³-hybridized carbons (Fsp3) is 0.500. The van der Waals surface area contributed by atoms with Crippen LogP contribution in [0.1, 0.15) is 25.2 Å². The zero-order chi connectivity index (χ0) is 15.7. The molecule has 0 saturated heterocycles. The molecule has 2 N–H and O–H groups in total. The van der Waals surface area contributed by atoms with Crippen molar-refractivity contribution in [3.05, 3.63) is 35.8 Å². The summed E-state index contributed by atoms with van der Waals surface area (Å²) in [6, 6.07) is 5.89. The average Bonchev–Trinajstić information content (AvgIpc) is 2.63. The number of aromatic nitrogens is 2. The van der Waals surface area contributed by atoms with E-state index in [4.69, 9.17) is 0 Å². The molecule has 0 aliphatic heterocycles. The van der Waals surface area contributed by atoms with E-state index in [1.165, 1.54) is 6.26 Å². The Balaban J connectivity index is 2.04. The maximum atomic E-state index is 11.3. The molecule has 0 amide bonds. The third-order valence-electron chi connectivity index (χ3n) is 3.15. The van der Waals surface area contributed by atoms with Crippen molar-refractivity contribution in [2.24, 2.45) is 0 Å². The molecule has 0 aliphatic carbocycles. The highest BCUT2D eigenvalue weighted by atomic mass is 32.2. The second-order valence-corrected chi connectivity index (χ2v) is 7.68. The first-order valence-electron chi connectivity index (χ1n) is 6.80. The maximum absolute atomic E-state index is 11.3. The Morgan fingerprint density at radius 2 is 2.05 bits per heavy atom. The van der Waals surface area contributed by atoms with E-state index in [2.05, 4.69) is 15.0 Å². The number of imidazole rings is 1. The van der Waals surface area contributed by atoms with Gasteiger partial charge in [0.1, 0.15) is 5.65 Å². The van der Waals surface area contributed by atoms with Gasteiger partial charge in [0.2, 0.25) is 10.0 Å². The van der Waals surface area contributed by atoms with Crippen molar-refractivity contribution >= 4 is 15.7 Å². The van der Waals surface area contributed by atoms with Gasteiger partial charge < -0.3 is 9.72 Å². The molecule has 0 radical (unpaired) electrons. The van der Waals surface area contributed by atoms with Crippen LogP contribution in [-0.4, -0.2) is 36.1 Å². The second kappa shape index (κ2) is 5.75. The number of fused-ring (bicyclic) bond motifs is 1. The van der Waals surface area contributed by atoms with E-state index in [1.54, 1.807) is 0 Å². The van der Waals surface area contributed by atoms with Crippen molar-refractivity contribution in [1.29, 1.82) is 0 Å². The van der Waals surface area contributed by atoms with Crippen LogP contribution in [0.4, 0.5) is 0 Å². The lowest BCUT2D eigenvalue weighted by Gasteiger charge is -2.25. The number of hydrogen-bond acceptors (Lipinski definition) is 4. The van der Waals surface area contributed by atoms with E-state index >= 15 is 0 Å². The molecule has 0 unspecified atom stereocenters. The summed E-state index contributed by atoms with van der Waals surface area (Å²) in [7, 11) is -3.22. The van der Waals surface area contributed by atoms with E-state index in [9.17, 15) is 8.42 Å². The first-order chi connectivity index (χ1) is 9.68. The van der Waals surface area contributed by atoms with Crippen LogP contribution in [0.3, 0.4) is 0 Å². The van der Waals surface area contributed by atoms with Crippen LogP contribution in [0.25, 0.3) is 5.65 Å². The molecule has 0 aromatic carbocycles. The minimum absolute atomic E-state index is 0.527. The quantitative estimate of drug-likeness (QED) is 0.836. The molecule has 0 spiro atoms. The SMILES string of the molecule is Cc1nc2ccccn2c1CNCC(C)(C)NS(C)(=O)=O. The van der Waals surface area contributed by atoms with Crippen LogP contribution in [0.2, 0.25) is 0 Å². The molecule has 0 aliphatic rings. The van der Waals surface area contributed by atoms with Gasteiger partial charge in [-0.2, -0.15) is 0 Å². The van der Waals surface area contributed by atoms with Crippen LogP contribution in [0, 0.1) is 6.92 Å². The topological polar surface area (TPSA) is 75.5 Å². The molecule has 21 heavy (non-hydrogen) atoms. The molecule has 0 saturated carbocycles. The van der Waals surface area contributed by atoms with Crippen molar-refractivity contribution in [1.82, 2.24) is 19.4 Å². The van der Waals surface area contributed by atoms with Gasteiger partial charge >= 0.3 is 0 Å². The summed E-state index contributed by atoms with van der Waals surface area (Å²) in [5, 5.41) is 3.30. The number of sulfonamides is 1. The van der Waals surface area contributed by atoms with E-state index in [-0.39, 0.29) is 0 Å². The molecule has 2 aromatic rings. The normalized spacial score (nSPS) is 13.0. The van der Waals surface area contributed by atoms with Crippen LogP contribution >= 0.6 is 0 Å². The van der Waals surface area contributed by atoms with E-state index in [0.29, 0.717) is 13.1 Å². The summed E-state index contributed by atoms with van der Waals surface area (Å²) < 4.78 is 27.3. The first-order valence-corrected chi connectivity index (χ1v) is 8.69. The Bertz CT molecular complexity index is 735. The standard InChI is InChI=1S/C14H22N4O2S/c1-11-12(18-8-6-5-7-13(18)16-11)9-15-10-14(2,3)17-21(4,19)20/h5-8,15,17H,9-10H2,1-4H3. The Hall–Kier alpha value is -1.44. The summed E-state index contributed by atoms with van der Waals surface area (Å²) in [6.07, 6.45) is 3.15. The number of aryl methyl sites for hydroxylation is 1. The lowest BCUT2D eigenvalue weighted by atomic mass is 10.1. The molecule has 2 rings (SSSR count). The molecule has 2 heterocycles. The highest BCUT2D eigenvalue weighted by Crippen LogP contribution is 2.11. The van der Waals surface area contributed by atoms with Crippen LogP contribution in [0.15, 0.2) is 24.4 Å². The van der Waals surface area contributed by atoms with Gasteiger partial charge in [0.15, 0.2) is 0 Å². The van der Waals surface area contributed by atoms with Crippen molar-refractivity contribution in [3.63, 3.8) is 0 Å². The summed E-state index contributed by atoms with van der Waals surface area (Å²) in [6.45, 7) is 6.83. The Morgan fingerprint density at radius 3 is 2.71 bits per heavy atom. The Labute approximate surface area is 125 Å². The Morgan fingerprint density at radius 1 is 1.33 bits per heavy atom. The number of hydrogen-bond donors (Lipinski definition) is 2. The first kappa shape index (κ1) is 15.9. The van der Waals surface area contributed by atoms with Gasteiger partial charge in [-0.3, -0.25) is 0 Å². The molecule has 2 aromatic heterocycles. The third kappa shape index (κ3) is 4.26. The van der Waals surface area contributed by atoms with Gasteiger partial charge in [-0.25, -0.2) is 18.1 Å². The van der Waals surface area contributed by atoms with Crippen LogP contribution in [0.5, 0.6) is 0 Å². The molecule has 6 nitrogen and oxygen atoms in total. The van der Waals surface area contributed by atoms with Crippen molar-refractivity contribution in [2.45, 2.75) is 32.9 Å². The Kier molecular flexibility index (Phi) is 4.36. The zero-order valence-corrected chi connectivity index (χ0v) is 13.7. The van der Waals surface area contributed by atoms with E-state index < -0.39 is 15.6 Å². The summed E-state index contributed by atoms with van der Waals surface area (Å²) in [4.78, 5) is 4.50. The summed E-state index contributed by atoms with van der Waals surface area (Å²) in [5.74, 6) is 0. The van der Waals surface area contributed by atoms with Gasteiger partial charge in [0.05, 0.1) is 17.6 Å². The molecule has 0 fully saturated rings. The molecule has 0 atom stereocenters. The maximum Gasteiger partial charge on any atom is 0.209 e. The van der Waals surface area contributed by atoms with Crippen molar-refractivity contribution in [2.75, 3.05) is 12.8 Å². The predicted molar refractivity (Wildman–Crippen MR) is 83.7 cm³/mol. The molecular weight excluding hydrogens is 288 g/mol. The molecule has 0 bridgehead atoms. The lowest BCUT2D eigenvalue weighted by molar-refractivity contribution is 0.419. The minimum atomic E-state index is -3.22. The number of rotatable bonds is 6. The fourth-order valence-electron chi connectivity index (χ4n) is 2.41. The summed E-state index contributed by atoms with van der Waals surface area (Å²) >= 11 is 0. The average molecular weight is 310 g/mol. The summed E-state index contributed by atoms with van der Waals surface area (Å²) in [5.41, 5.74) is 2.44. The van der Waals surface area contributed by atoms with E-state index in [0.717, 1.165) is 17.0 Å². The van der Waals surface area contributed by atoms with Crippen LogP contribution < -0.4 is 10.0 Å². The third-order valence-corrected chi connectivity index (χ3v) is 4.07. The second-order valence-electron chi connectivity index (χ2n) is 5.93. The minimum Gasteiger partial charge on any atom is -0.309 e. The van der Waals surface area contributed by atoms with Crippen molar-refractivity contribution < 1.29 is 8.42 Å². The van der Waals surface area contributed by atoms with Gasteiger partial charge in [-0.1, -0.05) is 6.07 Å². The lowest BCUT2D eigenvalue weighted by Crippen LogP contribution is -2.49. The highest BCUT2D eigenvalue weighted by Gasteiger charge is 2.21. The van der Waals surface area contributed by atoms with Crippen molar-refractivity contribution in [3.8, 4) is 0 Å². The molecule has 116 valence electrons. The highest BCUT2D eigenvalue weighted by molar-refractivity contribution is 7.88. The van der Waals surface area contributed by atoms with Gasteiger partial charge in [-0.15, -0.1) is 0 Å². The van der Waals surface area contributed by atoms with Gasteiger partial charge in [0, 0.05) is 24.8 Å². The van der Waals surface area contributed by atoms with E-state index in [1.807, 2.05) is 49.6 Å². The van der Waals surface area contributed by atoms with Gasteiger partial charge in [0.25, 0.3) is 0 Å². The number of nitrogens with zero attached hydrogens (tertiary/aromatic N) is 2.